The summed E-state index contributed by atoms with van der Waals surface area (Å²) >= 11 is 0. The number of para-hydroxylation sites is 1. The summed E-state index contributed by atoms with van der Waals surface area (Å²) in [6.45, 7) is 8.79. The van der Waals surface area contributed by atoms with E-state index in [2.05, 4.69) is 20.8 Å². The number of nitrogens with zero attached hydrogens (tertiary/aromatic N) is 1. The van der Waals surface area contributed by atoms with Crippen molar-refractivity contribution < 1.29 is 23.8 Å². The number of hydrogen-bond donors (Lipinski definition) is 0. The summed E-state index contributed by atoms with van der Waals surface area (Å²) in [5.74, 6) is 0.941. The van der Waals surface area contributed by atoms with Gasteiger partial charge in [0.1, 0.15) is 5.75 Å². The Labute approximate surface area is 167 Å². The fourth-order valence-corrected chi connectivity index (χ4v) is 3.62. The molecule has 0 bridgehead atoms. The number of carbonyl (C=O) groups excluding carboxylic acids is 2. The van der Waals surface area contributed by atoms with Gasteiger partial charge in [-0.1, -0.05) is 39.0 Å². The van der Waals surface area contributed by atoms with Crippen molar-refractivity contribution in [3.63, 3.8) is 0 Å². The highest BCUT2D eigenvalue weighted by Crippen LogP contribution is 2.46. The number of hydrogen-bond acceptors (Lipinski definition) is 6. The summed E-state index contributed by atoms with van der Waals surface area (Å²) in [5, 5.41) is 0. The maximum atomic E-state index is 12.4. The maximum Gasteiger partial charge on any atom is 0.349 e. The molecule has 0 aromatic heterocycles. The van der Waals surface area contributed by atoms with E-state index in [-0.39, 0.29) is 19.1 Å². The van der Waals surface area contributed by atoms with Crippen molar-refractivity contribution in [3.05, 3.63) is 29.3 Å². The van der Waals surface area contributed by atoms with Crippen molar-refractivity contribution >= 4 is 11.9 Å². The molecule has 1 aliphatic carbocycles. The molecule has 1 atom stereocenters. The van der Waals surface area contributed by atoms with Crippen LogP contribution in [-0.2, 0) is 19.1 Å². The maximum absolute atomic E-state index is 12.4. The van der Waals surface area contributed by atoms with Crippen LogP contribution in [0.1, 0.15) is 56.6 Å². The van der Waals surface area contributed by atoms with E-state index < -0.39 is 11.9 Å². The van der Waals surface area contributed by atoms with Gasteiger partial charge in [-0.3, -0.25) is 9.69 Å². The van der Waals surface area contributed by atoms with E-state index in [9.17, 15) is 9.59 Å². The summed E-state index contributed by atoms with van der Waals surface area (Å²) in [5.41, 5.74) is 2.08. The molecule has 1 heterocycles. The van der Waals surface area contributed by atoms with E-state index in [1.54, 1.807) is 0 Å². The average Bonchev–Trinajstić information content (AvgIpc) is 3.52. The molecule has 0 unspecified atom stereocenters. The molecule has 6 heteroatoms. The molecule has 3 rings (SSSR count). The molecule has 2 fully saturated rings. The predicted octanol–water partition coefficient (Wildman–Crippen LogP) is 3.10. The molecule has 28 heavy (non-hydrogen) atoms. The first-order valence-corrected chi connectivity index (χ1v) is 10.2. The van der Waals surface area contributed by atoms with E-state index in [1.165, 1.54) is 12.8 Å². The van der Waals surface area contributed by atoms with Gasteiger partial charge in [-0.05, 0) is 41.7 Å². The number of morpholine rings is 1. The normalized spacial score (nSPS) is 18.7. The Morgan fingerprint density at radius 1 is 1.11 bits per heavy atom. The zero-order valence-electron chi connectivity index (χ0n) is 17.1. The lowest BCUT2D eigenvalue weighted by atomic mass is 9.90. The van der Waals surface area contributed by atoms with Gasteiger partial charge >= 0.3 is 11.9 Å². The zero-order valence-corrected chi connectivity index (χ0v) is 17.1. The number of esters is 2. The monoisotopic (exact) mass is 389 g/mol. The number of benzene rings is 1. The molecule has 2 aliphatic rings. The summed E-state index contributed by atoms with van der Waals surface area (Å²) in [6.07, 6.45) is 2.44. The Kier molecular flexibility index (Phi) is 7.08. The largest absolute Gasteiger partial charge is 0.453 e. The molecule has 6 nitrogen and oxygen atoms in total. The van der Waals surface area contributed by atoms with E-state index in [4.69, 9.17) is 14.2 Å². The third-order valence-corrected chi connectivity index (χ3v) is 5.54. The van der Waals surface area contributed by atoms with E-state index in [0.717, 1.165) is 11.1 Å². The standard InChI is InChI=1S/C22H31NO5/c1-15(2)18-5-4-6-19(16(3)17-7-8-17)22(18)28-21(25)14-27-20(24)13-23-9-11-26-12-10-23/h4-6,15-17H,7-14H2,1-3H3/t16-/m1/s1. The molecular weight excluding hydrogens is 358 g/mol. The molecule has 1 aromatic carbocycles. The Bertz CT molecular complexity index is 692. The average molecular weight is 389 g/mol. The fraction of sp³-hybridized carbons (Fsp3) is 0.636. The van der Waals surface area contributed by atoms with Crippen molar-refractivity contribution in [1.29, 1.82) is 0 Å². The second-order valence-corrected chi connectivity index (χ2v) is 8.07. The minimum absolute atomic E-state index is 0.170. The molecule has 154 valence electrons. The van der Waals surface area contributed by atoms with Crippen molar-refractivity contribution in [2.75, 3.05) is 39.5 Å². The van der Waals surface area contributed by atoms with Crippen molar-refractivity contribution in [1.82, 2.24) is 4.90 Å². The lowest BCUT2D eigenvalue weighted by molar-refractivity contribution is -0.155. The van der Waals surface area contributed by atoms with Crippen molar-refractivity contribution in [2.45, 2.75) is 45.4 Å². The lowest BCUT2D eigenvalue weighted by Crippen LogP contribution is -2.40. The van der Waals surface area contributed by atoms with Crippen LogP contribution in [0.4, 0.5) is 0 Å². The highest BCUT2D eigenvalue weighted by molar-refractivity contribution is 5.79. The topological polar surface area (TPSA) is 65.1 Å². The molecular formula is C22H31NO5. The van der Waals surface area contributed by atoms with E-state index in [1.807, 2.05) is 23.1 Å². The van der Waals surface area contributed by atoms with Gasteiger partial charge in [0, 0.05) is 13.1 Å². The second kappa shape index (κ2) is 9.52. The number of rotatable bonds is 8. The van der Waals surface area contributed by atoms with Crippen LogP contribution in [-0.4, -0.2) is 56.3 Å². The van der Waals surface area contributed by atoms with Gasteiger partial charge in [0.2, 0.25) is 0 Å². The summed E-state index contributed by atoms with van der Waals surface area (Å²) < 4.78 is 16.1. The van der Waals surface area contributed by atoms with E-state index >= 15 is 0 Å². The Balaban J connectivity index is 1.60. The van der Waals surface area contributed by atoms with Gasteiger partial charge in [-0.15, -0.1) is 0 Å². The molecule has 0 amide bonds. The smallest absolute Gasteiger partial charge is 0.349 e. The Hall–Kier alpha value is -1.92. The molecule has 0 spiro atoms. The minimum Gasteiger partial charge on any atom is -0.453 e. The van der Waals surface area contributed by atoms with Gasteiger partial charge in [0.25, 0.3) is 0 Å². The quantitative estimate of drug-likeness (QED) is 0.503. The molecule has 0 radical (unpaired) electrons. The van der Waals surface area contributed by atoms with Crippen LogP contribution in [0.3, 0.4) is 0 Å². The Morgan fingerprint density at radius 2 is 1.79 bits per heavy atom. The van der Waals surface area contributed by atoms with Crippen LogP contribution in [0.15, 0.2) is 18.2 Å². The molecule has 0 N–H and O–H groups in total. The van der Waals surface area contributed by atoms with Crippen molar-refractivity contribution in [3.8, 4) is 5.75 Å². The van der Waals surface area contributed by atoms with Gasteiger partial charge < -0.3 is 14.2 Å². The third kappa shape index (κ3) is 5.55. The van der Waals surface area contributed by atoms with Crippen LogP contribution in [0.5, 0.6) is 5.75 Å². The van der Waals surface area contributed by atoms with E-state index in [0.29, 0.717) is 43.9 Å². The fourth-order valence-electron chi connectivity index (χ4n) is 3.62. The first-order valence-electron chi connectivity index (χ1n) is 10.2. The second-order valence-electron chi connectivity index (χ2n) is 8.07. The van der Waals surface area contributed by atoms with Gasteiger partial charge in [-0.2, -0.15) is 0 Å². The molecule has 1 saturated carbocycles. The number of ether oxygens (including phenoxy) is 3. The molecule has 1 saturated heterocycles. The van der Waals surface area contributed by atoms with Gasteiger partial charge in [0.15, 0.2) is 6.61 Å². The van der Waals surface area contributed by atoms with Crippen LogP contribution >= 0.6 is 0 Å². The van der Waals surface area contributed by atoms with Crippen LogP contribution in [0.2, 0.25) is 0 Å². The Morgan fingerprint density at radius 3 is 2.43 bits per heavy atom. The van der Waals surface area contributed by atoms with Gasteiger partial charge in [0.05, 0.1) is 19.8 Å². The SMILES string of the molecule is CC(C)c1cccc([C@H](C)C2CC2)c1OC(=O)COC(=O)CN1CCOCC1. The van der Waals surface area contributed by atoms with Crippen LogP contribution in [0, 0.1) is 5.92 Å². The van der Waals surface area contributed by atoms with Crippen molar-refractivity contribution in [2.24, 2.45) is 5.92 Å². The highest BCUT2D eigenvalue weighted by Gasteiger charge is 2.32. The third-order valence-electron chi connectivity index (χ3n) is 5.54. The van der Waals surface area contributed by atoms with Crippen LogP contribution in [0.25, 0.3) is 0 Å². The first kappa shape index (κ1) is 20.8. The zero-order chi connectivity index (χ0) is 20.1. The molecule has 1 aromatic rings. The summed E-state index contributed by atoms with van der Waals surface area (Å²) in [6, 6.07) is 6.08. The minimum atomic E-state index is -0.535. The highest BCUT2D eigenvalue weighted by atomic mass is 16.6. The first-order chi connectivity index (χ1) is 13.5. The predicted molar refractivity (Wildman–Crippen MR) is 106 cm³/mol. The summed E-state index contributed by atoms with van der Waals surface area (Å²) in [4.78, 5) is 26.4. The number of carbonyl (C=O) groups is 2. The lowest BCUT2D eigenvalue weighted by Gasteiger charge is -2.25. The van der Waals surface area contributed by atoms with Crippen LogP contribution < -0.4 is 4.74 Å². The molecule has 1 aliphatic heterocycles. The van der Waals surface area contributed by atoms with Gasteiger partial charge in [-0.25, -0.2) is 4.79 Å². The summed E-state index contributed by atoms with van der Waals surface area (Å²) in [7, 11) is 0.